The van der Waals surface area contributed by atoms with E-state index in [0.29, 0.717) is 79.6 Å². The van der Waals surface area contributed by atoms with Crippen molar-refractivity contribution >= 4 is 74.4 Å². The number of rotatable bonds is 10. The van der Waals surface area contributed by atoms with Crippen LogP contribution in [0.3, 0.4) is 0 Å². The smallest absolute Gasteiger partial charge is 1.00 e. The second-order valence-electron chi connectivity index (χ2n) is 16.4. The fourth-order valence-corrected chi connectivity index (χ4v) is 7.57. The Hall–Kier alpha value is -5.20. The van der Waals surface area contributed by atoms with Gasteiger partial charge in [-0.2, -0.15) is 10.2 Å². The molecule has 0 aliphatic carbocycles. The molecule has 0 bridgehead atoms. The fraction of sp³-hybridized carbons (Fsp3) is 0.439. The van der Waals surface area contributed by atoms with Gasteiger partial charge in [0.1, 0.15) is 23.2 Å². The summed E-state index contributed by atoms with van der Waals surface area (Å²) in [5.74, 6) is -1.30. The van der Waals surface area contributed by atoms with Crippen molar-refractivity contribution in [2.45, 2.75) is 82.5 Å². The molecule has 65 heavy (non-hydrogen) atoms. The molecule has 3 radical (unpaired) electrons. The largest absolute Gasteiger partial charge is 1.00 e. The van der Waals surface area contributed by atoms with Crippen molar-refractivity contribution in [3.05, 3.63) is 93.9 Å². The number of methoxy groups -OCH3 is 1. The van der Waals surface area contributed by atoms with Crippen LogP contribution in [0.2, 0.25) is 0 Å². The summed E-state index contributed by atoms with van der Waals surface area (Å²) >= 11 is 0. The zero-order chi connectivity index (χ0) is 45.2. The van der Waals surface area contributed by atoms with E-state index in [0.717, 1.165) is 5.56 Å². The topological polar surface area (TPSA) is 247 Å². The van der Waals surface area contributed by atoms with Crippen molar-refractivity contribution in [2.24, 2.45) is 11.5 Å². The summed E-state index contributed by atoms with van der Waals surface area (Å²) in [7, 11) is -0.480. The molecule has 8 rings (SSSR count). The summed E-state index contributed by atoms with van der Waals surface area (Å²) in [4.78, 5) is 43.9. The molecule has 2 amide bonds. The Morgan fingerprint density at radius 3 is 1.77 bits per heavy atom. The molecule has 2 unspecified atom stereocenters. The first kappa shape index (κ1) is 50.8. The van der Waals surface area contributed by atoms with E-state index in [1.165, 1.54) is 13.3 Å². The zero-order valence-corrected chi connectivity index (χ0v) is 39.1. The third-order valence-corrected chi connectivity index (χ3v) is 11.9. The SMILES string of the molecule is [B].[C-]#[N+][C@H]1CCOCC1n1cc(C(N)=O)c(Nc2ccc(C(=O)OC)c(B3OC(C)(C)C(C)(C)O3)c2)n1.[C-]#[N+][C@H]1CCOCC1n1cc(C(N)=O)c(Nc2ccc3c(c2)B(O)OC3)n1.[H-].[Na+]. The normalized spacial score (nSPS) is 21.5. The first-order valence-corrected chi connectivity index (χ1v) is 20.2. The number of fused-ring (bicyclic) bond motifs is 1. The Labute approximate surface area is 402 Å². The quantitative estimate of drug-likeness (QED) is 0.0728. The van der Waals surface area contributed by atoms with Gasteiger partial charge >= 0.3 is 49.8 Å². The monoisotopic (exact) mass is 897 g/mol. The van der Waals surface area contributed by atoms with Gasteiger partial charge in [-0.15, -0.1) is 0 Å². The maximum Gasteiger partial charge on any atom is 1.00 e. The van der Waals surface area contributed by atoms with Gasteiger partial charge in [0.2, 0.25) is 12.1 Å². The molecular formula is C41H49B3N10NaO10. The molecule has 333 valence electrons. The minimum atomic E-state index is -0.964. The summed E-state index contributed by atoms with van der Waals surface area (Å²) in [6.07, 6.45) is 4.27. The van der Waals surface area contributed by atoms with E-state index in [9.17, 15) is 19.4 Å². The summed E-state index contributed by atoms with van der Waals surface area (Å²) in [6.45, 7) is 24.6. The number of carbonyl (C=O) groups is 3. The molecule has 4 aromatic rings. The molecule has 2 aromatic carbocycles. The number of nitrogens with zero attached hydrogens (tertiary/aromatic N) is 6. The van der Waals surface area contributed by atoms with Crippen molar-refractivity contribution in [2.75, 3.05) is 44.2 Å². The van der Waals surface area contributed by atoms with E-state index in [-0.39, 0.29) is 80.5 Å². The molecule has 4 atom stereocenters. The number of ether oxygens (including phenoxy) is 3. The van der Waals surface area contributed by atoms with E-state index in [4.69, 9.17) is 52.8 Å². The van der Waals surface area contributed by atoms with Crippen LogP contribution in [0.1, 0.15) is 90.7 Å². The number of anilines is 4. The minimum Gasteiger partial charge on any atom is -1.00 e. The number of amides is 2. The summed E-state index contributed by atoms with van der Waals surface area (Å²) in [5.41, 5.74) is 13.8. The predicted molar refractivity (Wildman–Crippen MR) is 237 cm³/mol. The van der Waals surface area contributed by atoms with Crippen molar-refractivity contribution < 1.29 is 78.6 Å². The molecule has 0 saturated carbocycles. The van der Waals surface area contributed by atoms with Gasteiger partial charge in [0.05, 0.1) is 56.9 Å². The molecule has 24 heteroatoms. The van der Waals surface area contributed by atoms with Crippen LogP contribution < -0.4 is 62.6 Å². The van der Waals surface area contributed by atoms with Gasteiger partial charge in [0.15, 0.2) is 11.6 Å². The predicted octanol–water partition coefficient (Wildman–Crippen LogP) is -1.01. The molecule has 4 aliphatic rings. The molecule has 3 saturated heterocycles. The number of primary amides is 2. The molecular weight excluding hydrogens is 848 g/mol. The molecule has 20 nitrogen and oxygen atoms in total. The maximum atomic E-state index is 12.5. The van der Waals surface area contributed by atoms with Gasteiger partial charge in [-0.1, -0.05) is 6.07 Å². The van der Waals surface area contributed by atoms with Crippen LogP contribution in [0.5, 0.6) is 0 Å². The third-order valence-electron chi connectivity index (χ3n) is 11.9. The first-order valence-electron chi connectivity index (χ1n) is 20.2. The van der Waals surface area contributed by atoms with Gasteiger partial charge in [-0.3, -0.25) is 19.0 Å². The number of benzene rings is 2. The van der Waals surface area contributed by atoms with Gasteiger partial charge in [0, 0.05) is 45.0 Å². The Bertz CT molecular complexity index is 2480. The van der Waals surface area contributed by atoms with Crippen LogP contribution in [0.25, 0.3) is 9.69 Å². The molecule has 6 heterocycles. The third kappa shape index (κ3) is 10.8. The molecule has 7 N–H and O–H groups in total. The van der Waals surface area contributed by atoms with Gasteiger partial charge in [-0.05, 0) is 74.5 Å². The number of hydrogen-bond donors (Lipinski definition) is 5. The Balaban J connectivity index is 0.000000286. The minimum absolute atomic E-state index is 0. The van der Waals surface area contributed by atoms with E-state index in [1.54, 1.807) is 39.8 Å². The summed E-state index contributed by atoms with van der Waals surface area (Å²) in [6, 6.07) is 9.17. The number of nitrogens with two attached hydrogens (primary N) is 2. The Kier molecular flexibility index (Phi) is 16.4. The average Bonchev–Trinajstić information content (AvgIpc) is 4.04. The van der Waals surface area contributed by atoms with E-state index < -0.39 is 43.2 Å². The van der Waals surface area contributed by atoms with Crippen LogP contribution in [0.15, 0.2) is 48.8 Å². The van der Waals surface area contributed by atoms with Crippen LogP contribution in [0, 0.1) is 13.1 Å². The van der Waals surface area contributed by atoms with Crippen molar-refractivity contribution in [3.63, 3.8) is 0 Å². The molecule has 4 aliphatic heterocycles. The standard InChI is InChI=1S/C24H30BN5O6.C17H18BN5O4.B.Na.H/c1-23(2)24(3,4)36-25(35-23)17-11-14(7-8-15(17)22(32)33-6)28-21-16(20(26)31)12-30(29-21)19-13-34-10-9-18(19)27-5;1-20-14-4-5-26-9-15(14)23-7-12(16(19)24)17(22-23)21-11-3-2-10-8-27-18(25)13(10)6-11;;;/h7-8,11-12,18-19H,9-10,13H2,1-4,6H3,(H2,26,31)(H,28,29);2-3,6-7,14-15,25H,4-5,8-9H2,(H2,19,24)(H,21,22);;;/q;;;+1;-1/t18-,19?;14-,15?;;;/m00.../s1. The number of hydrogen-bond acceptors (Lipinski definition) is 14. The van der Waals surface area contributed by atoms with Crippen molar-refractivity contribution in [1.82, 2.24) is 19.6 Å². The second-order valence-corrected chi connectivity index (χ2v) is 16.4. The second kappa shape index (κ2) is 21.0. The Morgan fingerprint density at radius 1 is 0.831 bits per heavy atom. The number of nitrogens with one attached hydrogen (secondary N) is 2. The number of aromatic nitrogens is 4. The van der Waals surface area contributed by atoms with Crippen molar-refractivity contribution in [3.8, 4) is 0 Å². The first-order chi connectivity index (χ1) is 30.0. The van der Waals surface area contributed by atoms with Crippen LogP contribution in [0.4, 0.5) is 23.0 Å². The average molecular weight is 897 g/mol. The zero-order valence-electron chi connectivity index (χ0n) is 38.1. The van der Waals surface area contributed by atoms with Gasteiger partial charge in [-0.25, -0.2) is 17.9 Å². The van der Waals surface area contributed by atoms with Crippen LogP contribution >= 0.6 is 0 Å². The van der Waals surface area contributed by atoms with Crippen molar-refractivity contribution in [1.29, 1.82) is 0 Å². The molecule has 3 fully saturated rings. The Morgan fingerprint density at radius 2 is 1.31 bits per heavy atom. The van der Waals surface area contributed by atoms with Crippen LogP contribution in [-0.4, -0.2) is 122 Å². The molecule has 0 spiro atoms. The van der Waals surface area contributed by atoms with E-state index >= 15 is 0 Å². The maximum absolute atomic E-state index is 12.5. The van der Waals surface area contributed by atoms with Crippen LogP contribution in [-0.2, 0) is 34.8 Å². The van der Waals surface area contributed by atoms with Gasteiger partial charge in [0.25, 0.3) is 11.8 Å². The number of carbonyl (C=O) groups excluding carboxylic acids is 3. The summed E-state index contributed by atoms with van der Waals surface area (Å²) in [5, 5.41) is 25.0. The number of esters is 1. The van der Waals surface area contributed by atoms with E-state index in [2.05, 4.69) is 30.5 Å². The summed E-state index contributed by atoms with van der Waals surface area (Å²) < 4.78 is 36.6. The fourth-order valence-electron chi connectivity index (χ4n) is 7.57. The molecule has 2 aromatic heterocycles. The van der Waals surface area contributed by atoms with E-state index in [1.807, 2.05) is 39.8 Å². The van der Waals surface area contributed by atoms with Gasteiger partial charge < -0.3 is 66.4 Å².